The minimum Gasteiger partial charge on any atom is -0.302 e. The first-order valence-corrected chi connectivity index (χ1v) is 15.8. The van der Waals surface area contributed by atoms with E-state index in [0.29, 0.717) is 0 Å². The van der Waals surface area contributed by atoms with Gasteiger partial charge in [0.25, 0.3) is 0 Å². The van der Waals surface area contributed by atoms with Crippen molar-refractivity contribution in [2.75, 3.05) is 0 Å². The molecule has 22 nitrogen and oxygen atoms in total. The SMILES string of the molecule is O=P(O)(O)OP(=O)(O)OP(=O)(O)OP(=O)(O)OP(=O)(O)OP(=O)(O)OP(=O)(O)O. The van der Waals surface area contributed by atoms with Gasteiger partial charge in [-0.15, -0.1) is 0 Å². The molecule has 0 spiro atoms. The van der Waals surface area contributed by atoms with Crippen molar-refractivity contribution in [3.05, 3.63) is 0 Å². The zero-order chi connectivity index (χ0) is 23.7. The summed E-state index contributed by atoms with van der Waals surface area (Å²) < 4.78 is 95.4. The Labute approximate surface area is 157 Å². The molecule has 0 saturated heterocycles. The molecule has 0 aliphatic heterocycles. The highest BCUT2D eigenvalue weighted by atomic mass is 31.3. The largest absolute Gasteiger partial charge is 0.490 e. The van der Waals surface area contributed by atoms with Crippen molar-refractivity contribution >= 4 is 54.8 Å². The Morgan fingerprint density at radius 3 is 0.586 bits per heavy atom. The minimum absolute atomic E-state index is 3.03. The Morgan fingerprint density at radius 2 is 0.448 bits per heavy atom. The predicted octanol–water partition coefficient (Wildman–Crippen LogP) is -0.227. The molecule has 176 valence electrons. The molecular formula is H9O22P7. The van der Waals surface area contributed by atoms with E-state index < -0.39 is 54.8 Å². The second-order valence-electron chi connectivity index (χ2n) is 3.81. The molecule has 0 bridgehead atoms. The Hall–Kier alpha value is 1.01. The topological polar surface area (TPSA) is 357 Å². The molecule has 9 N–H and O–H groups in total. The quantitative estimate of drug-likeness (QED) is 0.135. The van der Waals surface area contributed by atoms with Crippen LogP contribution in [0.5, 0.6) is 0 Å². The van der Waals surface area contributed by atoms with Gasteiger partial charge in [-0.05, 0) is 0 Å². The molecule has 0 saturated carbocycles. The monoisotopic (exact) mass is 578 g/mol. The van der Waals surface area contributed by atoms with Gasteiger partial charge in [-0.3, -0.25) is 0 Å². The van der Waals surface area contributed by atoms with E-state index in [1.54, 1.807) is 0 Å². The van der Waals surface area contributed by atoms with E-state index in [2.05, 4.69) is 25.9 Å². The molecule has 0 aromatic carbocycles. The van der Waals surface area contributed by atoms with E-state index in [1.807, 2.05) is 0 Å². The standard InChI is InChI=1S/H9O22P7/c1-23(2,3)17-25(7,8)19-27(11,12)21-29(15,16)22-28(13,14)20-26(9,10)18-24(4,5)6/h(H,7,8)(H,9,10)(H,11,12)(H,13,14)(H,15,16)(H2,1,2,3)(H2,4,5,6). The number of phosphoric acid groups is 7. The molecule has 0 radical (unpaired) electrons. The van der Waals surface area contributed by atoms with Crippen LogP contribution < -0.4 is 0 Å². The summed E-state index contributed by atoms with van der Waals surface area (Å²) in [5, 5.41) is 0. The molecule has 0 aliphatic carbocycles. The van der Waals surface area contributed by atoms with Crippen LogP contribution in [0, 0.1) is 0 Å². The molecule has 4 unspecified atom stereocenters. The summed E-state index contributed by atoms with van der Waals surface area (Å²) in [6.07, 6.45) is 0. The third kappa shape index (κ3) is 15.5. The van der Waals surface area contributed by atoms with Crippen LogP contribution in [-0.2, 0) is 57.8 Å². The van der Waals surface area contributed by atoms with Crippen LogP contribution >= 0.6 is 54.8 Å². The van der Waals surface area contributed by atoms with Crippen LogP contribution in [-0.4, -0.2) is 44.0 Å². The van der Waals surface area contributed by atoms with E-state index >= 15 is 0 Å². The van der Waals surface area contributed by atoms with Crippen molar-refractivity contribution < 1.29 is 102 Å². The second-order valence-corrected chi connectivity index (χ2v) is 14.4. The lowest BCUT2D eigenvalue weighted by molar-refractivity contribution is 0.183. The van der Waals surface area contributed by atoms with Crippen LogP contribution in [0.1, 0.15) is 0 Å². The lowest BCUT2D eigenvalue weighted by atomic mass is 15.7. The molecule has 0 amide bonds. The maximum atomic E-state index is 11.3. The summed E-state index contributed by atoms with van der Waals surface area (Å²) in [6.45, 7) is 0. The van der Waals surface area contributed by atoms with Crippen molar-refractivity contribution in [1.29, 1.82) is 0 Å². The third-order valence-corrected chi connectivity index (χ3v) is 11.2. The molecule has 0 fully saturated rings. The molecule has 0 rings (SSSR count). The average molecular weight is 578 g/mol. The van der Waals surface area contributed by atoms with Crippen LogP contribution in [0.2, 0.25) is 0 Å². The van der Waals surface area contributed by atoms with Crippen molar-refractivity contribution in [2.45, 2.75) is 0 Å². The molecule has 4 atom stereocenters. The normalized spacial score (nSPS) is 23.8. The van der Waals surface area contributed by atoms with Crippen molar-refractivity contribution in [3.8, 4) is 0 Å². The van der Waals surface area contributed by atoms with Gasteiger partial charge in [-0.1, -0.05) is 0 Å². The fraction of sp³-hybridized carbons (Fsp3) is 0. The highest BCUT2D eigenvalue weighted by molar-refractivity contribution is 7.73. The molecule has 29 heteroatoms. The zero-order valence-electron chi connectivity index (χ0n) is 12.5. The molecule has 0 aromatic heterocycles. The van der Waals surface area contributed by atoms with Gasteiger partial charge < -0.3 is 44.0 Å². The average Bonchev–Trinajstić information content (AvgIpc) is 2.10. The van der Waals surface area contributed by atoms with E-state index in [1.165, 1.54) is 0 Å². The van der Waals surface area contributed by atoms with Crippen molar-refractivity contribution in [2.24, 2.45) is 0 Å². The van der Waals surface area contributed by atoms with Gasteiger partial charge in [-0.25, -0.2) is 32.0 Å². The van der Waals surface area contributed by atoms with E-state index in [9.17, 15) is 32.0 Å². The lowest BCUT2D eigenvalue weighted by Crippen LogP contribution is -1.99. The maximum absolute atomic E-state index is 11.3. The smallest absolute Gasteiger partial charge is 0.302 e. The van der Waals surface area contributed by atoms with Crippen LogP contribution in [0.15, 0.2) is 0 Å². The zero-order valence-corrected chi connectivity index (χ0v) is 18.7. The van der Waals surface area contributed by atoms with E-state index in [4.69, 9.17) is 44.0 Å². The van der Waals surface area contributed by atoms with Crippen molar-refractivity contribution in [1.82, 2.24) is 0 Å². The fourth-order valence-electron chi connectivity index (χ4n) is 0.865. The van der Waals surface area contributed by atoms with Gasteiger partial charge in [0.2, 0.25) is 0 Å². The summed E-state index contributed by atoms with van der Waals surface area (Å²) in [7, 11) is -43.2. The first-order valence-electron chi connectivity index (χ1n) is 5.27. The highest BCUT2D eigenvalue weighted by Crippen LogP contribution is 2.75. The van der Waals surface area contributed by atoms with Crippen molar-refractivity contribution in [3.63, 3.8) is 0 Å². The highest BCUT2D eigenvalue weighted by Gasteiger charge is 2.49. The first-order chi connectivity index (χ1) is 12.2. The van der Waals surface area contributed by atoms with Gasteiger partial charge in [0.1, 0.15) is 0 Å². The third-order valence-electron chi connectivity index (χ3n) is 1.24. The van der Waals surface area contributed by atoms with E-state index in [-0.39, 0.29) is 0 Å². The van der Waals surface area contributed by atoms with Gasteiger partial charge in [0, 0.05) is 0 Å². The van der Waals surface area contributed by atoms with Gasteiger partial charge in [0.05, 0.1) is 0 Å². The molecular weight excluding hydrogens is 569 g/mol. The van der Waals surface area contributed by atoms with E-state index in [0.717, 1.165) is 0 Å². The predicted molar refractivity (Wildman–Crippen MR) is 79.7 cm³/mol. The van der Waals surface area contributed by atoms with Crippen LogP contribution in [0.3, 0.4) is 0 Å². The Balaban J connectivity index is 5.33. The number of rotatable bonds is 12. The Bertz CT molecular complexity index is 847. The molecule has 0 heterocycles. The Morgan fingerprint density at radius 1 is 0.310 bits per heavy atom. The summed E-state index contributed by atoms with van der Waals surface area (Å²) in [5.41, 5.74) is 0. The minimum atomic E-state index is -6.45. The summed E-state index contributed by atoms with van der Waals surface area (Å²) >= 11 is 0. The number of hydrogen-bond acceptors (Lipinski definition) is 13. The maximum Gasteiger partial charge on any atom is 0.490 e. The summed E-state index contributed by atoms with van der Waals surface area (Å²) in [6, 6.07) is 0. The van der Waals surface area contributed by atoms with Gasteiger partial charge >= 0.3 is 54.8 Å². The summed E-state index contributed by atoms with van der Waals surface area (Å²) in [4.78, 5) is 77.5. The molecule has 0 aromatic rings. The fourth-order valence-corrected chi connectivity index (χ4v) is 9.13. The van der Waals surface area contributed by atoms with Gasteiger partial charge in [-0.2, -0.15) is 25.9 Å². The molecule has 0 aliphatic rings. The lowest BCUT2D eigenvalue weighted by Gasteiger charge is -2.20. The van der Waals surface area contributed by atoms with Crippen LogP contribution in [0.25, 0.3) is 0 Å². The summed E-state index contributed by atoms with van der Waals surface area (Å²) in [5.74, 6) is 0. The molecule has 29 heavy (non-hydrogen) atoms. The second kappa shape index (κ2) is 9.48. The van der Waals surface area contributed by atoms with Crippen LogP contribution in [0.4, 0.5) is 0 Å². The Kier molecular flexibility index (Phi) is 9.81. The number of hydrogen-bond donors (Lipinski definition) is 9. The van der Waals surface area contributed by atoms with Gasteiger partial charge in [0.15, 0.2) is 0 Å². The first kappa shape index (κ1) is 30.0.